The van der Waals surface area contributed by atoms with E-state index in [0.29, 0.717) is 0 Å². The standard InChI is InChI=1S/C26H24N2S/c1-16-11-21-22(13-20(16)14-26(2,3)4)29-25-23(27-15-28-24(21)25)19-10-9-17-7-5-6-8-18(17)12-19/h5-13,15H,14H2,1-4H3. The van der Waals surface area contributed by atoms with E-state index in [1.165, 1.54) is 36.7 Å². The van der Waals surface area contributed by atoms with E-state index in [9.17, 15) is 0 Å². The Labute approximate surface area is 175 Å². The first-order valence-corrected chi connectivity index (χ1v) is 10.9. The normalized spacial score (nSPS) is 12.3. The predicted molar refractivity (Wildman–Crippen MR) is 126 cm³/mol. The average Bonchev–Trinajstić information content (AvgIpc) is 3.04. The third kappa shape index (κ3) is 3.30. The van der Waals surface area contributed by atoms with Gasteiger partial charge in [0.2, 0.25) is 0 Å². The van der Waals surface area contributed by atoms with Gasteiger partial charge in [0.25, 0.3) is 0 Å². The lowest BCUT2D eigenvalue weighted by atomic mass is 9.86. The van der Waals surface area contributed by atoms with Gasteiger partial charge in [0.05, 0.1) is 15.9 Å². The molecule has 5 aromatic rings. The fraction of sp³-hybridized carbons (Fsp3) is 0.231. The summed E-state index contributed by atoms with van der Waals surface area (Å²) in [5.74, 6) is 0. The van der Waals surface area contributed by atoms with Crippen molar-refractivity contribution in [3.63, 3.8) is 0 Å². The van der Waals surface area contributed by atoms with Crippen LogP contribution in [0.4, 0.5) is 0 Å². The highest BCUT2D eigenvalue weighted by molar-refractivity contribution is 7.26. The molecule has 0 atom stereocenters. The van der Waals surface area contributed by atoms with E-state index in [1.807, 2.05) is 11.3 Å². The van der Waals surface area contributed by atoms with Gasteiger partial charge in [-0.25, -0.2) is 9.97 Å². The Morgan fingerprint density at radius 2 is 1.69 bits per heavy atom. The highest BCUT2D eigenvalue weighted by Gasteiger charge is 2.17. The van der Waals surface area contributed by atoms with Crippen molar-refractivity contribution in [1.82, 2.24) is 9.97 Å². The lowest BCUT2D eigenvalue weighted by Gasteiger charge is -2.19. The molecule has 0 radical (unpaired) electrons. The van der Waals surface area contributed by atoms with Gasteiger partial charge >= 0.3 is 0 Å². The minimum Gasteiger partial charge on any atom is -0.235 e. The number of aromatic nitrogens is 2. The first kappa shape index (κ1) is 18.3. The average molecular weight is 397 g/mol. The zero-order valence-electron chi connectivity index (χ0n) is 17.3. The molecular weight excluding hydrogens is 372 g/mol. The molecule has 0 saturated heterocycles. The van der Waals surface area contributed by atoms with Crippen molar-refractivity contribution in [2.75, 3.05) is 0 Å². The van der Waals surface area contributed by atoms with Gasteiger partial charge in [-0.3, -0.25) is 0 Å². The molecule has 0 N–H and O–H groups in total. The second-order valence-electron chi connectivity index (χ2n) is 9.08. The molecule has 0 aliphatic carbocycles. The molecule has 0 unspecified atom stereocenters. The Morgan fingerprint density at radius 1 is 0.897 bits per heavy atom. The van der Waals surface area contributed by atoms with Crippen LogP contribution in [0.3, 0.4) is 0 Å². The minimum atomic E-state index is 0.269. The van der Waals surface area contributed by atoms with Crippen LogP contribution in [-0.2, 0) is 6.42 Å². The van der Waals surface area contributed by atoms with Gasteiger partial charge in [0.1, 0.15) is 6.33 Å². The molecule has 3 aromatic carbocycles. The molecule has 144 valence electrons. The van der Waals surface area contributed by atoms with Crippen molar-refractivity contribution in [2.45, 2.75) is 34.1 Å². The summed E-state index contributed by atoms with van der Waals surface area (Å²) in [5, 5.41) is 3.73. The minimum absolute atomic E-state index is 0.269. The number of nitrogens with zero attached hydrogens (tertiary/aromatic N) is 2. The molecule has 5 rings (SSSR count). The van der Waals surface area contributed by atoms with Gasteiger partial charge in [-0.15, -0.1) is 11.3 Å². The SMILES string of the molecule is Cc1cc2c(cc1CC(C)(C)C)sc1c(-c3ccc4ccccc4c3)ncnc12. The summed E-state index contributed by atoms with van der Waals surface area (Å²) in [4.78, 5) is 9.35. The molecule has 0 fully saturated rings. The van der Waals surface area contributed by atoms with Crippen LogP contribution in [-0.4, -0.2) is 9.97 Å². The molecule has 0 spiro atoms. The van der Waals surface area contributed by atoms with Crippen LogP contribution in [0.1, 0.15) is 31.9 Å². The van der Waals surface area contributed by atoms with Crippen LogP contribution in [0.5, 0.6) is 0 Å². The first-order valence-electron chi connectivity index (χ1n) is 10.0. The molecule has 2 aromatic heterocycles. The Hall–Kier alpha value is -2.78. The highest BCUT2D eigenvalue weighted by Crippen LogP contribution is 2.40. The fourth-order valence-electron chi connectivity index (χ4n) is 4.08. The van der Waals surface area contributed by atoms with E-state index in [0.717, 1.165) is 23.2 Å². The van der Waals surface area contributed by atoms with Crippen molar-refractivity contribution < 1.29 is 0 Å². The van der Waals surface area contributed by atoms with Crippen molar-refractivity contribution in [3.05, 3.63) is 72.1 Å². The molecule has 2 nitrogen and oxygen atoms in total. The number of aryl methyl sites for hydroxylation is 1. The quantitative estimate of drug-likeness (QED) is 0.308. The summed E-state index contributed by atoms with van der Waals surface area (Å²) in [6.07, 6.45) is 2.78. The third-order valence-electron chi connectivity index (χ3n) is 5.45. The molecule has 0 bridgehead atoms. The van der Waals surface area contributed by atoms with Crippen LogP contribution in [0.15, 0.2) is 60.9 Å². The molecule has 2 heterocycles. The van der Waals surface area contributed by atoms with Gasteiger partial charge in [-0.05, 0) is 58.9 Å². The zero-order valence-corrected chi connectivity index (χ0v) is 18.1. The second-order valence-corrected chi connectivity index (χ2v) is 10.1. The van der Waals surface area contributed by atoms with E-state index in [2.05, 4.69) is 92.3 Å². The van der Waals surface area contributed by atoms with Crippen molar-refractivity contribution in [1.29, 1.82) is 0 Å². The summed E-state index contributed by atoms with van der Waals surface area (Å²) in [7, 11) is 0. The van der Waals surface area contributed by atoms with Crippen LogP contribution < -0.4 is 0 Å². The number of benzene rings is 3. The summed E-state index contributed by atoms with van der Waals surface area (Å²) >= 11 is 1.81. The number of fused-ring (bicyclic) bond motifs is 4. The van der Waals surface area contributed by atoms with E-state index in [4.69, 9.17) is 0 Å². The van der Waals surface area contributed by atoms with Gasteiger partial charge in [-0.2, -0.15) is 0 Å². The fourth-order valence-corrected chi connectivity index (χ4v) is 5.29. The number of hydrogen-bond acceptors (Lipinski definition) is 3. The monoisotopic (exact) mass is 396 g/mol. The lowest BCUT2D eigenvalue weighted by molar-refractivity contribution is 0.410. The zero-order chi connectivity index (χ0) is 20.2. The maximum Gasteiger partial charge on any atom is 0.116 e. The first-order chi connectivity index (χ1) is 13.9. The maximum absolute atomic E-state index is 4.68. The second kappa shape index (κ2) is 6.64. The van der Waals surface area contributed by atoms with Gasteiger partial charge in [0.15, 0.2) is 0 Å². The lowest BCUT2D eigenvalue weighted by Crippen LogP contribution is -2.10. The topological polar surface area (TPSA) is 25.8 Å². The Kier molecular flexibility index (Phi) is 4.18. The molecule has 0 amide bonds. The van der Waals surface area contributed by atoms with E-state index in [-0.39, 0.29) is 5.41 Å². The Morgan fingerprint density at radius 3 is 2.48 bits per heavy atom. The smallest absolute Gasteiger partial charge is 0.116 e. The Balaban J connectivity index is 1.72. The van der Waals surface area contributed by atoms with Crippen LogP contribution >= 0.6 is 11.3 Å². The van der Waals surface area contributed by atoms with Crippen LogP contribution in [0, 0.1) is 12.3 Å². The Bertz CT molecular complexity index is 1370. The molecule has 29 heavy (non-hydrogen) atoms. The summed E-state index contributed by atoms with van der Waals surface area (Å²) in [5.41, 5.74) is 6.28. The van der Waals surface area contributed by atoms with Crippen molar-refractivity contribution in [2.24, 2.45) is 5.41 Å². The van der Waals surface area contributed by atoms with Gasteiger partial charge in [-0.1, -0.05) is 57.2 Å². The summed E-state index contributed by atoms with van der Waals surface area (Å²) < 4.78 is 2.47. The van der Waals surface area contributed by atoms with Crippen molar-refractivity contribution >= 4 is 42.4 Å². The predicted octanol–water partition coefficient (Wildman–Crippen LogP) is 7.56. The number of rotatable bonds is 2. The van der Waals surface area contributed by atoms with Gasteiger partial charge < -0.3 is 0 Å². The van der Waals surface area contributed by atoms with Gasteiger partial charge in [0, 0.05) is 15.6 Å². The molecular formula is C26H24N2S. The van der Waals surface area contributed by atoms with Crippen LogP contribution in [0.25, 0.3) is 42.3 Å². The van der Waals surface area contributed by atoms with Crippen LogP contribution in [0.2, 0.25) is 0 Å². The molecule has 0 aliphatic heterocycles. The van der Waals surface area contributed by atoms with E-state index >= 15 is 0 Å². The third-order valence-corrected chi connectivity index (χ3v) is 6.60. The summed E-state index contributed by atoms with van der Waals surface area (Å²) in [6.45, 7) is 9.11. The largest absolute Gasteiger partial charge is 0.235 e. The number of thiophene rings is 1. The molecule has 3 heteroatoms. The van der Waals surface area contributed by atoms with E-state index in [1.54, 1.807) is 6.33 Å². The van der Waals surface area contributed by atoms with Crippen molar-refractivity contribution in [3.8, 4) is 11.3 Å². The molecule has 0 aliphatic rings. The number of hydrogen-bond donors (Lipinski definition) is 0. The highest BCUT2D eigenvalue weighted by atomic mass is 32.1. The maximum atomic E-state index is 4.68. The van der Waals surface area contributed by atoms with E-state index < -0.39 is 0 Å². The molecule has 0 saturated carbocycles. The summed E-state index contributed by atoms with van der Waals surface area (Å²) in [6, 6.07) is 19.7.